The third kappa shape index (κ3) is 4.50. The maximum atomic E-state index is 12.3. The SMILES string of the molecule is COc1ccc(-c2nc3cnccn3c2NCCC(=O)NC2CCCCC2)cc1. The summed E-state index contributed by atoms with van der Waals surface area (Å²) in [6.45, 7) is 0.540. The van der Waals surface area contributed by atoms with E-state index in [-0.39, 0.29) is 5.91 Å². The fourth-order valence-electron chi connectivity index (χ4n) is 3.87. The van der Waals surface area contributed by atoms with Crippen LogP contribution in [0.1, 0.15) is 38.5 Å². The summed E-state index contributed by atoms with van der Waals surface area (Å²) in [4.78, 5) is 21.2. The Kier molecular flexibility index (Phi) is 5.93. The highest BCUT2D eigenvalue weighted by atomic mass is 16.5. The van der Waals surface area contributed by atoms with E-state index in [1.165, 1.54) is 19.3 Å². The summed E-state index contributed by atoms with van der Waals surface area (Å²) in [5.41, 5.74) is 2.56. The van der Waals surface area contributed by atoms with Crippen LogP contribution in [0.5, 0.6) is 5.75 Å². The first-order valence-corrected chi connectivity index (χ1v) is 10.2. The number of methoxy groups -OCH3 is 1. The van der Waals surface area contributed by atoms with E-state index in [0.717, 1.165) is 41.3 Å². The van der Waals surface area contributed by atoms with Gasteiger partial charge in [0.2, 0.25) is 5.91 Å². The van der Waals surface area contributed by atoms with Crippen molar-refractivity contribution >= 4 is 17.4 Å². The molecule has 0 atom stereocenters. The van der Waals surface area contributed by atoms with Crippen LogP contribution in [-0.4, -0.2) is 40.0 Å². The summed E-state index contributed by atoms with van der Waals surface area (Å²) < 4.78 is 7.22. The molecule has 1 saturated carbocycles. The van der Waals surface area contributed by atoms with Crippen LogP contribution in [0.15, 0.2) is 42.9 Å². The molecular formula is C22H27N5O2. The molecular weight excluding hydrogens is 366 g/mol. The fourth-order valence-corrected chi connectivity index (χ4v) is 3.87. The third-order valence-electron chi connectivity index (χ3n) is 5.41. The number of aromatic nitrogens is 3. The zero-order chi connectivity index (χ0) is 20.1. The molecule has 29 heavy (non-hydrogen) atoms. The third-order valence-corrected chi connectivity index (χ3v) is 5.41. The molecule has 1 fully saturated rings. The highest BCUT2D eigenvalue weighted by Gasteiger charge is 2.17. The normalized spacial score (nSPS) is 14.7. The number of anilines is 1. The Bertz CT molecular complexity index is 961. The first-order valence-electron chi connectivity index (χ1n) is 10.2. The van der Waals surface area contributed by atoms with E-state index in [2.05, 4.69) is 15.6 Å². The Hall–Kier alpha value is -3.09. The number of nitrogens with zero attached hydrogens (tertiary/aromatic N) is 3. The molecule has 3 aromatic rings. The average Bonchev–Trinajstić information content (AvgIpc) is 3.13. The Balaban J connectivity index is 1.47. The van der Waals surface area contributed by atoms with Crippen LogP contribution in [0.4, 0.5) is 5.82 Å². The van der Waals surface area contributed by atoms with Crippen molar-refractivity contribution < 1.29 is 9.53 Å². The Morgan fingerprint density at radius 1 is 1.21 bits per heavy atom. The Morgan fingerprint density at radius 3 is 2.76 bits per heavy atom. The molecule has 0 saturated heterocycles. The number of imidazole rings is 1. The highest BCUT2D eigenvalue weighted by molar-refractivity contribution is 5.79. The first kappa shape index (κ1) is 19.2. The Labute approximate surface area is 170 Å². The molecule has 0 bridgehead atoms. The zero-order valence-corrected chi connectivity index (χ0v) is 16.7. The van der Waals surface area contributed by atoms with Gasteiger partial charge in [-0.1, -0.05) is 19.3 Å². The minimum Gasteiger partial charge on any atom is -0.497 e. The van der Waals surface area contributed by atoms with Gasteiger partial charge in [0.05, 0.1) is 13.3 Å². The van der Waals surface area contributed by atoms with Crippen LogP contribution in [0, 0.1) is 0 Å². The van der Waals surface area contributed by atoms with Gasteiger partial charge in [-0.25, -0.2) is 4.98 Å². The first-order chi connectivity index (χ1) is 14.2. The average molecular weight is 393 g/mol. The molecule has 4 rings (SSSR count). The van der Waals surface area contributed by atoms with E-state index in [0.29, 0.717) is 19.0 Å². The van der Waals surface area contributed by atoms with Crippen LogP contribution >= 0.6 is 0 Å². The van der Waals surface area contributed by atoms with Gasteiger partial charge in [-0.05, 0) is 37.1 Å². The van der Waals surface area contributed by atoms with E-state index in [1.54, 1.807) is 19.5 Å². The number of ether oxygens (including phenoxy) is 1. The maximum Gasteiger partial charge on any atom is 0.221 e. The molecule has 7 heteroatoms. The molecule has 1 aliphatic carbocycles. The molecule has 152 valence electrons. The minimum absolute atomic E-state index is 0.103. The highest BCUT2D eigenvalue weighted by Crippen LogP contribution is 2.29. The van der Waals surface area contributed by atoms with Crippen molar-refractivity contribution in [3.8, 4) is 17.0 Å². The van der Waals surface area contributed by atoms with Crippen molar-refractivity contribution in [2.75, 3.05) is 19.0 Å². The van der Waals surface area contributed by atoms with Crippen LogP contribution in [0.3, 0.4) is 0 Å². The topological polar surface area (TPSA) is 80.6 Å². The summed E-state index contributed by atoms with van der Waals surface area (Å²) >= 11 is 0. The van der Waals surface area contributed by atoms with Gasteiger partial charge in [0.1, 0.15) is 17.3 Å². The van der Waals surface area contributed by atoms with Crippen molar-refractivity contribution in [2.24, 2.45) is 0 Å². The van der Waals surface area contributed by atoms with Crippen molar-refractivity contribution in [1.29, 1.82) is 0 Å². The van der Waals surface area contributed by atoms with E-state index < -0.39 is 0 Å². The lowest BCUT2D eigenvalue weighted by Gasteiger charge is -2.22. The molecule has 2 aromatic heterocycles. The fraction of sp³-hybridized carbons (Fsp3) is 0.409. The van der Waals surface area contributed by atoms with E-state index in [9.17, 15) is 4.79 Å². The molecule has 0 aliphatic heterocycles. The quantitative estimate of drug-likeness (QED) is 0.640. The number of hydrogen-bond donors (Lipinski definition) is 2. The van der Waals surface area contributed by atoms with Gasteiger partial charge in [-0.3, -0.25) is 14.2 Å². The van der Waals surface area contributed by atoms with Gasteiger partial charge in [-0.2, -0.15) is 0 Å². The van der Waals surface area contributed by atoms with E-state index in [4.69, 9.17) is 9.72 Å². The molecule has 1 aromatic carbocycles. The summed E-state index contributed by atoms with van der Waals surface area (Å²) in [6.07, 6.45) is 11.7. The van der Waals surface area contributed by atoms with Gasteiger partial charge in [-0.15, -0.1) is 0 Å². The second-order valence-electron chi connectivity index (χ2n) is 7.42. The number of fused-ring (bicyclic) bond motifs is 1. The molecule has 1 amide bonds. The number of amides is 1. The second kappa shape index (κ2) is 8.94. The molecule has 2 heterocycles. The largest absolute Gasteiger partial charge is 0.497 e. The van der Waals surface area contributed by atoms with Gasteiger partial charge < -0.3 is 15.4 Å². The minimum atomic E-state index is 0.103. The van der Waals surface area contributed by atoms with Crippen LogP contribution in [0.25, 0.3) is 16.9 Å². The van der Waals surface area contributed by atoms with Crippen LogP contribution in [0.2, 0.25) is 0 Å². The van der Waals surface area contributed by atoms with Gasteiger partial charge >= 0.3 is 0 Å². The predicted octanol–water partition coefficient (Wildman–Crippen LogP) is 3.66. The van der Waals surface area contributed by atoms with E-state index >= 15 is 0 Å². The summed E-state index contributed by atoms with van der Waals surface area (Å²) in [5, 5.41) is 6.58. The number of benzene rings is 1. The second-order valence-corrected chi connectivity index (χ2v) is 7.42. The van der Waals surface area contributed by atoms with Crippen molar-refractivity contribution in [1.82, 2.24) is 19.7 Å². The number of carbonyl (C=O) groups excluding carboxylic acids is 1. The zero-order valence-electron chi connectivity index (χ0n) is 16.7. The number of rotatable bonds is 7. The van der Waals surface area contributed by atoms with Gasteiger partial charge in [0, 0.05) is 37.0 Å². The maximum absolute atomic E-state index is 12.3. The lowest BCUT2D eigenvalue weighted by atomic mass is 9.95. The van der Waals surface area contributed by atoms with Crippen molar-refractivity contribution in [3.63, 3.8) is 0 Å². The molecule has 1 aliphatic rings. The lowest BCUT2D eigenvalue weighted by molar-refractivity contribution is -0.121. The summed E-state index contributed by atoms with van der Waals surface area (Å²) in [6, 6.07) is 8.13. The Morgan fingerprint density at radius 2 is 2.00 bits per heavy atom. The molecule has 0 spiro atoms. The molecule has 2 N–H and O–H groups in total. The van der Waals surface area contributed by atoms with Crippen molar-refractivity contribution in [3.05, 3.63) is 42.9 Å². The number of nitrogens with one attached hydrogen (secondary N) is 2. The van der Waals surface area contributed by atoms with Crippen LogP contribution in [-0.2, 0) is 4.79 Å². The molecule has 7 nitrogen and oxygen atoms in total. The number of hydrogen-bond acceptors (Lipinski definition) is 5. The lowest BCUT2D eigenvalue weighted by Crippen LogP contribution is -2.36. The smallest absolute Gasteiger partial charge is 0.221 e. The summed E-state index contributed by atoms with van der Waals surface area (Å²) in [7, 11) is 1.65. The van der Waals surface area contributed by atoms with Gasteiger partial charge in [0.15, 0.2) is 5.65 Å². The van der Waals surface area contributed by atoms with Crippen molar-refractivity contribution in [2.45, 2.75) is 44.6 Å². The summed E-state index contributed by atoms with van der Waals surface area (Å²) in [5.74, 6) is 1.76. The molecule has 0 radical (unpaired) electrons. The number of carbonyl (C=O) groups is 1. The molecule has 0 unspecified atom stereocenters. The monoisotopic (exact) mass is 393 g/mol. The van der Waals surface area contributed by atoms with Crippen LogP contribution < -0.4 is 15.4 Å². The predicted molar refractivity (Wildman–Crippen MR) is 113 cm³/mol. The standard InChI is InChI=1S/C22H27N5O2/c1-29-18-9-7-16(8-10-18)21-22(27-14-13-23-15-19(27)26-21)24-12-11-20(28)25-17-5-3-2-4-6-17/h7-10,13-15,17,24H,2-6,11-12H2,1H3,(H,25,28). The van der Waals surface area contributed by atoms with E-state index in [1.807, 2.05) is 34.9 Å². The van der Waals surface area contributed by atoms with Gasteiger partial charge in [0.25, 0.3) is 0 Å².